The van der Waals surface area contributed by atoms with Crippen LogP contribution < -0.4 is 15.5 Å². The molecule has 152 valence electrons. The van der Waals surface area contributed by atoms with Crippen molar-refractivity contribution in [2.75, 3.05) is 32.1 Å². The van der Waals surface area contributed by atoms with Crippen molar-refractivity contribution in [2.24, 2.45) is 4.99 Å². The lowest BCUT2D eigenvalue weighted by atomic mass is 10.1. The number of nitrogens with zero attached hydrogens (tertiary/aromatic N) is 5. The summed E-state index contributed by atoms with van der Waals surface area (Å²) in [5.41, 5.74) is 3.44. The summed E-state index contributed by atoms with van der Waals surface area (Å²) in [6.07, 6.45) is 6.45. The SMILES string of the molecule is CCNC(=NCc1cccnc1N(C)C)NCCc1ccc(-n2cccn2)cc1. The van der Waals surface area contributed by atoms with E-state index in [0.29, 0.717) is 6.54 Å². The van der Waals surface area contributed by atoms with Crippen molar-refractivity contribution in [1.82, 2.24) is 25.4 Å². The Bertz CT molecular complexity index is 899. The zero-order valence-electron chi connectivity index (χ0n) is 17.3. The number of nitrogens with one attached hydrogen (secondary N) is 2. The fourth-order valence-electron chi connectivity index (χ4n) is 3.02. The molecule has 0 aliphatic carbocycles. The normalized spacial score (nSPS) is 11.3. The van der Waals surface area contributed by atoms with Crippen molar-refractivity contribution in [1.29, 1.82) is 0 Å². The first-order chi connectivity index (χ1) is 14.2. The third-order valence-corrected chi connectivity index (χ3v) is 4.45. The molecule has 0 fully saturated rings. The molecule has 0 amide bonds. The minimum Gasteiger partial charge on any atom is -0.362 e. The Balaban J connectivity index is 1.56. The lowest BCUT2D eigenvalue weighted by molar-refractivity contribution is 0.798. The van der Waals surface area contributed by atoms with Crippen LogP contribution in [0.2, 0.25) is 0 Å². The van der Waals surface area contributed by atoms with Crippen LogP contribution >= 0.6 is 0 Å². The maximum atomic E-state index is 4.72. The zero-order valence-corrected chi connectivity index (χ0v) is 17.3. The molecule has 3 rings (SSSR count). The van der Waals surface area contributed by atoms with E-state index in [1.807, 2.05) is 48.2 Å². The number of rotatable bonds is 8. The fraction of sp³-hybridized carbons (Fsp3) is 0.318. The summed E-state index contributed by atoms with van der Waals surface area (Å²) in [5.74, 6) is 1.76. The van der Waals surface area contributed by atoms with Crippen LogP contribution in [-0.4, -0.2) is 47.9 Å². The fourth-order valence-corrected chi connectivity index (χ4v) is 3.02. The molecule has 7 heteroatoms. The topological polar surface area (TPSA) is 70.4 Å². The quantitative estimate of drug-likeness (QED) is 0.456. The number of guanidine groups is 1. The number of hydrogen-bond donors (Lipinski definition) is 2. The molecule has 0 radical (unpaired) electrons. The van der Waals surface area contributed by atoms with Crippen LogP contribution in [0.25, 0.3) is 5.69 Å². The monoisotopic (exact) mass is 391 g/mol. The maximum absolute atomic E-state index is 4.72. The van der Waals surface area contributed by atoms with E-state index in [4.69, 9.17) is 4.99 Å². The van der Waals surface area contributed by atoms with Gasteiger partial charge in [-0.05, 0) is 43.2 Å². The van der Waals surface area contributed by atoms with Gasteiger partial charge in [-0.1, -0.05) is 18.2 Å². The van der Waals surface area contributed by atoms with Gasteiger partial charge in [-0.3, -0.25) is 0 Å². The highest BCUT2D eigenvalue weighted by Crippen LogP contribution is 2.15. The summed E-state index contributed by atoms with van der Waals surface area (Å²) in [6.45, 7) is 4.27. The summed E-state index contributed by atoms with van der Waals surface area (Å²) in [4.78, 5) is 11.2. The molecule has 0 atom stereocenters. The van der Waals surface area contributed by atoms with Crippen LogP contribution in [-0.2, 0) is 13.0 Å². The minimum absolute atomic E-state index is 0.579. The van der Waals surface area contributed by atoms with E-state index in [9.17, 15) is 0 Å². The third-order valence-electron chi connectivity index (χ3n) is 4.45. The van der Waals surface area contributed by atoms with E-state index in [1.165, 1.54) is 5.56 Å². The zero-order chi connectivity index (χ0) is 20.5. The lowest BCUT2D eigenvalue weighted by Gasteiger charge is -2.15. The van der Waals surface area contributed by atoms with Gasteiger partial charge in [-0.25, -0.2) is 14.7 Å². The van der Waals surface area contributed by atoms with Crippen LogP contribution in [0.15, 0.2) is 66.0 Å². The third kappa shape index (κ3) is 5.81. The second-order valence-electron chi connectivity index (χ2n) is 6.87. The van der Waals surface area contributed by atoms with Gasteiger partial charge in [0.15, 0.2) is 5.96 Å². The number of aromatic nitrogens is 3. The molecule has 0 bridgehead atoms. The molecule has 2 N–H and O–H groups in total. The largest absolute Gasteiger partial charge is 0.362 e. The molecule has 0 aliphatic heterocycles. The van der Waals surface area contributed by atoms with Gasteiger partial charge in [0.05, 0.1) is 12.2 Å². The Labute approximate surface area is 172 Å². The molecule has 0 unspecified atom stereocenters. The summed E-state index contributed by atoms with van der Waals surface area (Å²) < 4.78 is 1.86. The molecule has 29 heavy (non-hydrogen) atoms. The Kier molecular flexibility index (Phi) is 7.22. The summed E-state index contributed by atoms with van der Waals surface area (Å²) >= 11 is 0. The Hall–Kier alpha value is -3.35. The molecule has 1 aromatic carbocycles. The number of anilines is 1. The summed E-state index contributed by atoms with van der Waals surface area (Å²) in [6, 6.07) is 14.4. The van der Waals surface area contributed by atoms with Gasteiger partial charge in [0.25, 0.3) is 0 Å². The molecule has 0 aliphatic rings. The first-order valence-corrected chi connectivity index (χ1v) is 9.89. The molecular formula is C22H29N7. The van der Waals surface area contributed by atoms with Crippen molar-refractivity contribution >= 4 is 11.8 Å². The molecular weight excluding hydrogens is 362 g/mol. The standard InChI is InChI=1S/C22H29N7/c1-4-23-22(26-17-19-7-5-13-24-21(19)28(2)3)25-15-12-18-8-10-20(11-9-18)29-16-6-14-27-29/h5-11,13-14,16H,4,12,15,17H2,1-3H3,(H2,23,25,26). The van der Waals surface area contributed by atoms with E-state index in [-0.39, 0.29) is 0 Å². The van der Waals surface area contributed by atoms with Gasteiger partial charge in [0.2, 0.25) is 0 Å². The molecule has 2 heterocycles. The lowest BCUT2D eigenvalue weighted by Crippen LogP contribution is -2.38. The molecule has 7 nitrogen and oxygen atoms in total. The molecule has 0 saturated carbocycles. The van der Waals surface area contributed by atoms with Crippen molar-refractivity contribution < 1.29 is 0 Å². The van der Waals surface area contributed by atoms with Crippen molar-refractivity contribution in [3.63, 3.8) is 0 Å². The van der Waals surface area contributed by atoms with Crippen LogP contribution in [0.5, 0.6) is 0 Å². The predicted octanol–water partition coefficient (Wildman–Crippen LogP) is 2.63. The average Bonchev–Trinajstić information content (AvgIpc) is 3.27. The minimum atomic E-state index is 0.579. The first-order valence-electron chi connectivity index (χ1n) is 9.89. The summed E-state index contributed by atoms with van der Waals surface area (Å²) in [7, 11) is 3.99. The Morgan fingerprint density at radius 2 is 1.90 bits per heavy atom. The van der Waals surface area contributed by atoms with Crippen LogP contribution in [0.3, 0.4) is 0 Å². The van der Waals surface area contributed by atoms with Gasteiger partial charge in [0.1, 0.15) is 5.82 Å². The van der Waals surface area contributed by atoms with Gasteiger partial charge in [-0.15, -0.1) is 0 Å². The molecule has 3 aromatic rings. The van der Waals surface area contributed by atoms with E-state index < -0.39 is 0 Å². The van der Waals surface area contributed by atoms with Gasteiger partial charge >= 0.3 is 0 Å². The molecule has 2 aromatic heterocycles. The Morgan fingerprint density at radius 3 is 2.59 bits per heavy atom. The highest BCUT2D eigenvalue weighted by atomic mass is 15.3. The van der Waals surface area contributed by atoms with Crippen LogP contribution in [0.4, 0.5) is 5.82 Å². The number of aliphatic imine (C=N–C) groups is 1. The van der Waals surface area contributed by atoms with Crippen molar-refractivity contribution in [2.45, 2.75) is 19.9 Å². The molecule has 0 saturated heterocycles. The van der Waals surface area contributed by atoms with E-state index >= 15 is 0 Å². The van der Waals surface area contributed by atoms with E-state index in [1.54, 1.807) is 6.20 Å². The Morgan fingerprint density at radius 1 is 1.07 bits per heavy atom. The van der Waals surface area contributed by atoms with E-state index in [0.717, 1.165) is 42.5 Å². The van der Waals surface area contributed by atoms with Crippen LogP contribution in [0, 0.1) is 0 Å². The van der Waals surface area contributed by atoms with Gasteiger partial charge in [-0.2, -0.15) is 5.10 Å². The highest BCUT2D eigenvalue weighted by molar-refractivity contribution is 5.79. The van der Waals surface area contributed by atoms with Gasteiger partial charge in [0, 0.05) is 51.3 Å². The second kappa shape index (κ2) is 10.3. The van der Waals surface area contributed by atoms with Crippen molar-refractivity contribution in [3.05, 3.63) is 72.2 Å². The predicted molar refractivity (Wildman–Crippen MR) is 119 cm³/mol. The number of hydrogen-bond acceptors (Lipinski definition) is 4. The second-order valence-corrected chi connectivity index (χ2v) is 6.87. The first kappa shape index (κ1) is 20.4. The van der Waals surface area contributed by atoms with Gasteiger partial charge < -0.3 is 15.5 Å². The molecule has 0 spiro atoms. The number of benzene rings is 1. The average molecular weight is 392 g/mol. The van der Waals surface area contributed by atoms with Crippen molar-refractivity contribution in [3.8, 4) is 5.69 Å². The van der Waals surface area contributed by atoms with E-state index in [2.05, 4.69) is 58.0 Å². The summed E-state index contributed by atoms with van der Waals surface area (Å²) in [5, 5.41) is 11.0. The maximum Gasteiger partial charge on any atom is 0.191 e. The highest BCUT2D eigenvalue weighted by Gasteiger charge is 2.05. The van der Waals surface area contributed by atoms with Crippen LogP contribution in [0.1, 0.15) is 18.1 Å². The smallest absolute Gasteiger partial charge is 0.191 e. The number of pyridine rings is 1.